The number of nitriles is 1. The Hall–Kier alpha value is -2.16. The van der Waals surface area contributed by atoms with Crippen molar-refractivity contribution in [3.63, 3.8) is 0 Å². The van der Waals surface area contributed by atoms with Gasteiger partial charge in [0.1, 0.15) is 0 Å². The summed E-state index contributed by atoms with van der Waals surface area (Å²) in [4.78, 5) is 2.68. The largest absolute Gasteiger partial charge is 0.380 e. The molecule has 1 saturated heterocycles. The summed E-state index contributed by atoms with van der Waals surface area (Å²) >= 11 is 0. The third-order valence-electron chi connectivity index (χ3n) is 7.10. The molecule has 0 bridgehead atoms. The Bertz CT molecular complexity index is 890. The van der Waals surface area contributed by atoms with Crippen LogP contribution in [0.5, 0.6) is 0 Å². The summed E-state index contributed by atoms with van der Waals surface area (Å²) in [6.45, 7) is 8.55. The van der Waals surface area contributed by atoms with Crippen molar-refractivity contribution in [1.29, 1.82) is 5.26 Å². The molecule has 2 unspecified atom stereocenters. The summed E-state index contributed by atoms with van der Waals surface area (Å²) in [7, 11) is 0. The van der Waals surface area contributed by atoms with Crippen LogP contribution in [0.15, 0.2) is 30.3 Å². The second-order valence-corrected chi connectivity index (χ2v) is 9.16. The van der Waals surface area contributed by atoms with E-state index in [2.05, 4.69) is 35.6 Å². The zero-order valence-electron chi connectivity index (χ0n) is 17.4. The Morgan fingerprint density at radius 2 is 1.86 bits per heavy atom. The molecule has 1 aromatic carbocycles. The molecular weight excluding hydrogens is 360 g/mol. The number of benzene rings is 1. The van der Waals surface area contributed by atoms with E-state index in [1.165, 1.54) is 31.5 Å². The standard InChI is InChI=1S/C24H30N4O/c1-16(2)28-23(14-22(26-28)18-6-4-17(15-25)5-7-18)24-20-12-19(13-21(20)24)27-8-3-10-29-11-9-27/h4-7,14,16,19-21,24H,3,8-13H2,1-2H3/t19?,20-,21+,24?. The average molecular weight is 391 g/mol. The topological polar surface area (TPSA) is 54.1 Å². The quantitative estimate of drug-likeness (QED) is 0.784. The van der Waals surface area contributed by atoms with E-state index in [1.807, 2.05) is 24.3 Å². The third-order valence-corrected chi connectivity index (χ3v) is 7.10. The smallest absolute Gasteiger partial charge is 0.0991 e. The number of nitrogens with zero attached hydrogens (tertiary/aromatic N) is 4. The molecule has 2 aromatic rings. The van der Waals surface area contributed by atoms with Crippen molar-refractivity contribution in [3.8, 4) is 17.3 Å². The lowest BCUT2D eigenvalue weighted by molar-refractivity contribution is 0.129. The highest BCUT2D eigenvalue weighted by atomic mass is 16.5. The van der Waals surface area contributed by atoms with Crippen molar-refractivity contribution >= 4 is 0 Å². The van der Waals surface area contributed by atoms with Crippen LogP contribution in [0.3, 0.4) is 0 Å². The van der Waals surface area contributed by atoms with E-state index < -0.39 is 0 Å². The molecule has 0 N–H and O–H groups in total. The molecule has 0 radical (unpaired) electrons. The number of aromatic nitrogens is 2. The van der Waals surface area contributed by atoms with Crippen molar-refractivity contribution in [2.45, 2.75) is 51.1 Å². The van der Waals surface area contributed by atoms with Crippen LogP contribution in [0.25, 0.3) is 11.3 Å². The molecule has 3 aliphatic rings. The Balaban J connectivity index is 1.33. The zero-order valence-corrected chi connectivity index (χ0v) is 17.4. The maximum Gasteiger partial charge on any atom is 0.0991 e. The lowest BCUT2D eigenvalue weighted by atomic mass is 10.0. The fraction of sp³-hybridized carbons (Fsp3) is 0.583. The fourth-order valence-electron chi connectivity index (χ4n) is 5.61. The lowest BCUT2D eigenvalue weighted by Gasteiger charge is -2.28. The summed E-state index contributed by atoms with van der Waals surface area (Å²) in [5, 5.41) is 14.0. The van der Waals surface area contributed by atoms with Crippen LogP contribution in [-0.4, -0.2) is 47.0 Å². The van der Waals surface area contributed by atoms with Gasteiger partial charge in [-0.2, -0.15) is 10.4 Å². The second kappa shape index (κ2) is 7.59. The normalized spacial score (nSPS) is 29.4. The van der Waals surface area contributed by atoms with E-state index in [0.29, 0.717) is 17.5 Å². The van der Waals surface area contributed by atoms with E-state index >= 15 is 0 Å². The van der Waals surface area contributed by atoms with Crippen LogP contribution in [0.1, 0.15) is 56.3 Å². The van der Waals surface area contributed by atoms with Crippen LogP contribution >= 0.6 is 0 Å². The molecule has 152 valence electrons. The number of hydrogen-bond acceptors (Lipinski definition) is 4. The average Bonchev–Trinajstić information content (AvgIpc) is 3.07. The Morgan fingerprint density at radius 3 is 2.55 bits per heavy atom. The van der Waals surface area contributed by atoms with E-state index in [1.54, 1.807) is 0 Å². The zero-order chi connectivity index (χ0) is 20.0. The maximum absolute atomic E-state index is 9.04. The molecule has 29 heavy (non-hydrogen) atoms. The van der Waals surface area contributed by atoms with Gasteiger partial charge in [-0.25, -0.2) is 0 Å². The molecule has 2 aliphatic carbocycles. The summed E-state index contributed by atoms with van der Waals surface area (Å²) in [6, 6.07) is 13.4. The SMILES string of the molecule is CC(C)n1nc(-c2ccc(C#N)cc2)cc1C1[C@H]2CC(N3CCCOCC3)C[C@@H]12. The first-order valence-electron chi connectivity index (χ1n) is 11.1. The number of rotatable bonds is 4. The van der Waals surface area contributed by atoms with Gasteiger partial charge in [-0.3, -0.25) is 9.58 Å². The maximum atomic E-state index is 9.04. The number of hydrogen-bond donors (Lipinski definition) is 0. The monoisotopic (exact) mass is 390 g/mol. The minimum Gasteiger partial charge on any atom is -0.380 e. The van der Waals surface area contributed by atoms with E-state index in [0.717, 1.165) is 48.9 Å². The van der Waals surface area contributed by atoms with Crippen molar-refractivity contribution in [1.82, 2.24) is 14.7 Å². The van der Waals surface area contributed by atoms with Gasteiger partial charge in [0.2, 0.25) is 0 Å². The molecule has 0 amide bonds. The van der Waals surface area contributed by atoms with Crippen molar-refractivity contribution in [2.24, 2.45) is 11.8 Å². The molecule has 3 fully saturated rings. The molecule has 0 spiro atoms. The van der Waals surface area contributed by atoms with Gasteiger partial charge in [-0.1, -0.05) is 12.1 Å². The lowest BCUT2D eigenvalue weighted by Crippen LogP contribution is -2.36. The van der Waals surface area contributed by atoms with Crippen LogP contribution < -0.4 is 0 Å². The summed E-state index contributed by atoms with van der Waals surface area (Å²) in [6.07, 6.45) is 3.82. The first kappa shape index (κ1) is 18.8. The fourth-order valence-corrected chi connectivity index (χ4v) is 5.61. The van der Waals surface area contributed by atoms with E-state index in [4.69, 9.17) is 15.1 Å². The third kappa shape index (κ3) is 3.49. The Kier molecular flexibility index (Phi) is 4.93. The minimum atomic E-state index is 0.358. The molecule has 2 heterocycles. The van der Waals surface area contributed by atoms with Crippen LogP contribution in [0, 0.1) is 23.2 Å². The Morgan fingerprint density at radius 1 is 1.10 bits per heavy atom. The van der Waals surface area contributed by atoms with Gasteiger partial charge in [0.05, 0.1) is 23.9 Å². The highest BCUT2D eigenvalue weighted by Crippen LogP contribution is 2.64. The molecule has 5 rings (SSSR count). The van der Waals surface area contributed by atoms with Gasteiger partial charge in [0, 0.05) is 49.0 Å². The number of ether oxygens (including phenoxy) is 1. The van der Waals surface area contributed by atoms with Crippen molar-refractivity contribution in [2.75, 3.05) is 26.3 Å². The molecule has 4 atom stereocenters. The van der Waals surface area contributed by atoms with E-state index in [-0.39, 0.29) is 0 Å². The highest BCUT2D eigenvalue weighted by molar-refractivity contribution is 5.61. The second-order valence-electron chi connectivity index (χ2n) is 9.16. The molecule has 2 saturated carbocycles. The Labute approximate surface area is 173 Å². The highest BCUT2D eigenvalue weighted by Gasteiger charge is 2.58. The summed E-state index contributed by atoms with van der Waals surface area (Å²) in [5.74, 6) is 2.29. The molecule has 1 aromatic heterocycles. The van der Waals surface area contributed by atoms with Crippen LogP contribution in [0.4, 0.5) is 0 Å². The van der Waals surface area contributed by atoms with Gasteiger partial charge in [-0.05, 0) is 63.1 Å². The van der Waals surface area contributed by atoms with Gasteiger partial charge in [0.15, 0.2) is 0 Å². The first-order chi connectivity index (χ1) is 14.2. The van der Waals surface area contributed by atoms with Crippen molar-refractivity contribution in [3.05, 3.63) is 41.6 Å². The van der Waals surface area contributed by atoms with Gasteiger partial charge in [0.25, 0.3) is 0 Å². The summed E-state index contributed by atoms with van der Waals surface area (Å²) < 4.78 is 7.88. The summed E-state index contributed by atoms with van der Waals surface area (Å²) in [5.41, 5.74) is 4.23. The predicted octanol–water partition coefficient (Wildman–Crippen LogP) is 4.22. The number of fused-ring (bicyclic) bond motifs is 1. The van der Waals surface area contributed by atoms with Crippen LogP contribution in [0.2, 0.25) is 0 Å². The van der Waals surface area contributed by atoms with Gasteiger partial charge >= 0.3 is 0 Å². The van der Waals surface area contributed by atoms with Gasteiger partial charge in [-0.15, -0.1) is 0 Å². The molecule has 5 nitrogen and oxygen atoms in total. The first-order valence-corrected chi connectivity index (χ1v) is 11.1. The predicted molar refractivity (Wildman–Crippen MR) is 113 cm³/mol. The molecule has 5 heteroatoms. The van der Waals surface area contributed by atoms with Crippen LogP contribution in [-0.2, 0) is 4.74 Å². The van der Waals surface area contributed by atoms with Gasteiger partial charge < -0.3 is 4.74 Å². The molecule has 1 aliphatic heterocycles. The van der Waals surface area contributed by atoms with E-state index in [9.17, 15) is 0 Å². The van der Waals surface area contributed by atoms with Crippen molar-refractivity contribution < 1.29 is 4.74 Å². The minimum absolute atomic E-state index is 0.358. The molecular formula is C24H30N4O.